The molecule has 0 radical (unpaired) electrons. The predicted octanol–water partition coefficient (Wildman–Crippen LogP) is 2.38. The van der Waals surface area contributed by atoms with Crippen LogP contribution in [-0.4, -0.2) is 51.3 Å². The Hall–Kier alpha value is 0.110. The molecule has 3 heterocycles. The summed E-state index contributed by atoms with van der Waals surface area (Å²) in [4.78, 5) is 0. The fourth-order valence-electron chi connectivity index (χ4n) is 3.28. The second kappa shape index (κ2) is 3.80. The van der Waals surface area contributed by atoms with Gasteiger partial charge >= 0.3 is 0 Å². The van der Waals surface area contributed by atoms with E-state index in [1.165, 1.54) is 12.8 Å². The second-order valence-corrected chi connectivity index (χ2v) is 8.63. The molecule has 5 heteroatoms. The van der Waals surface area contributed by atoms with Gasteiger partial charge in [-0.25, -0.2) is 14.0 Å². The second-order valence-electron chi connectivity index (χ2n) is 6.11. The highest BCUT2D eigenvalue weighted by atomic mass is 31.2. The van der Waals surface area contributed by atoms with E-state index in [1.54, 1.807) is 0 Å². The molecule has 3 fully saturated rings. The topological polar surface area (TPSA) is 26.3 Å². The Morgan fingerprint density at radius 2 is 1.18 bits per heavy atom. The van der Waals surface area contributed by atoms with Gasteiger partial charge < -0.3 is 0 Å². The third-order valence-electron chi connectivity index (χ3n) is 4.53. The minimum atomic E-state index is -2.41. The van der Waals surface area contributed by atoms with E-state index in [4.69, 9.17) is 0 Å². The molecule has 0 bridgehead atoms. The van der Waals surface area contributed by atoms with Crippen LogP contribution >= 0.6 is 7.59 Å². The Morgan fingerprint density at radius 3 is 1.47 bits per heavy atom. The molecule has 3 saturated heterocycles. The Kier molecular flexibility index (Phi) is 2.72. The van der Waals surface area contributed by atoms with Crippen LogP contribution < -0.4 is 0 Å². The van der Waals surface area contributed by atoms with Crippen LogP contribution in [0.3, 0.4) is 0 Å². The molecule has 3 rings (SSSR count). The molecule has 0 aromatic carbocycles. The fourth-order valence-corrected chi connectivity index (χ4v) is 7.29. The monoisotopic (exact) mass is 257 g/mol. The molecule has 17 heavy (non-hydrogen) atoms. The number of rotatable bonds is 3. The van der Waals surface area contributed by atoms with Gasteiger partial charge in [-0.05, 0) is 40.5 Å². The van der Waals surface area contributed by atoms with Crippen LogP contribution in [0.4, 0.5) is 0 Å². The molecule has 0 spiro atoms. The van der Waals surface area contributed by atoms with Crippen molar-refractivity contribution in [3.05, 3.63) is 0 Å². The zero-order chi connectivity index (χ0) is 12.4. The van der Waals surface area contributed by atoms with Gasteiger partial charge in [0.1, 0.15) is 0 Å². The van der Waals surface area contributed by atoms with E-state index in [0.717, 1.165) is 13.1 Å². The van der Waals surface area contributed by atoms with E-state index in [0.29, 0.717) is 24.2 Å². The van der Waals surface area contributed by atoms with E-state index < -0.39 is 7.59 Å². The van der Waals surface area contributed by atoms with E-state index in [9.17, 15) is 4.57 Å². The summed E-state index contributed by atoms with van der Waals surface area (Å²) in [5.74, 6) is 0. The molecule has 0 aromatic heterocycles. The van der Waals surface area contributed by atoms with Crippen LogP contribution in [0, 0.1) is 0 Å². The van der Waals surface area contributed by atoms with Gasteiger partial charge in [0.25, 0.3) is 7.59 Å². The largest absolute Gasteiger partial charge is 0.288 e. The third kappa shape index (κ3) is 1.73. The van der Waals surface area contributed by atoms with Gasteiger partial charge in [0, 0.05) is 37.3 Å². The quantitative estimate of drug-likeness (QED) is 0.573. The first-order valence-corrected chi connectivity index (χ1v) is 8.46. The van der Waals surface area contributed by atoms with Gasteiger partial charge in [-0.1, -0.05) is 0 Å². The SMILES string of the molecule is C[C@@H]1CN1P(=O)(N1C[C@@H]1C)N1[C@@H](C)CC[C@@H]1C. The molecule has 0 N–H and O–H groups in total. The Labute approximate surface area is 104 Å². The van der Waals surface area contributed by atoms with Crippen LogP contribution in [0.5, 0.6) is 0 Å². The summed E-state index contributed by atoms with van der Waals surface area (Å²) in [5, 5.41) is 0. The van der Waals surface area contributed by atoms with Crippen molar-refractivity contribution < 1.29 is 4.57 Å². The van der Waals surface area contributed by atoms with Crippen LogP contribution in [0.2, 0.25) is 0 Å². The standard InChI is InChI=1S/C12H24N3OP/c1-9-5-6-10(2)15(9)17(16,13-7-11(13)3)14-8-12(14)4/h9-12H,5-8H2,1-4H3/t9-,10-,11-,12+,13?,14?,17?/m0/s1. The number of nitrogens with zero attached hydrogens (tertiary/aromatic N) is 3. The minimum absolute atomic E-state index is 0.469. The zero-order valence-corrected chi connectivity index (χ0v) is 12.2. The third-order valence-corrected chi connectivity index (χ3v) is 8.37. The molecule has 3 aliphatic rings. The summed E-state index contributed by atoms with van der Waals surface area (Å²) in [5.41, 5.74) is 0. The lowest BCUT2D eigenvalue weighted by molar-refractivity contribution is 0.308. The highest BCUT2D eigenvalue weighted by molar-refractivity contribution is 7.57. The van der Waals surface area contributed by atoms with Gasteiger partial charge in [-0.3, -0.25) is 4.57 Å². The van der Waals surface area contributed by atoms with E-state index >= 15 is 0 Å². The van der Waals surface area contributed by atoms with Gasteiger partial charge in [-0.2, -0.15) is 0 Å². The molecule has 0 amide bonds. The number of hydrogen-bond acceptors (Lipinski definition) is 1. The van der Waals surface area contributed by atoms with Crippen molar-refractivity contribution in [3.63, 3.8) is 0 Å². The normalized spacial score (nSPS) is 53.4. The molecule has 3 aliphatic heterocycles. The molecule has 0 aliphatic carbocycles. The van der Waals surface area contributed by atoms with Crippen molar-refractivity contribution in [3.8, 4) is 0 Å². The maximum absolute atomic E-state index is 13.6. The first-order valence-electron chi connectivity index (χ1n) is 6.89. The molecule has 3 unspecified atom stereocenters. The molecular formula is C12H24N3OP. The van der Waals surface area contributed by atoms with Crippen LogP contribution in [0.1, 0.15) is 40.5 Å². The smallest absolute Gasteiger partial charge is 0.270 e. The van der Waals surface area contributed by atoms with Crippen LogP contribution in [0.15, 0.2) is 0 Å². The maximum atomic E-state index is 13.6. The van der Waals surface area contributed by atoms with Gasteiger partial charge in [0.05, 0.1) is 0 Å². The zero-order valence-electron chi connectivity index (χ0n) is 11.3. The van der Waals surface area contributed by atoms with Crippen molar-refractivity contribution in [2.45, 2.75) is 64.7 Å². The van der Waals surface area contributed by atoms with Gasteiger partial charge in [-0.15, -0.1) is 0 Å². The van der Waals surface area contributed by atoms with Crippen molar-refractivity contribution >= 4 is 7.59 Å². The molecule has 98 valence electrons. The highest BCUT2D eigenvalue weighted by Crippen LogP contribution is 2.68. The van der Waals surface area contributed by atoms with Crippen molar-refractivity contribution in [1.82, 2.24) is 14.0 Å². The Bertz CT molecular complexity index is 345. The lowest BCUT2D eigenvalue weighted by atomic mass is 10.2. The summed E-state index contributed by atoms with van der Waals surface area (Å²) in [6, 6.07) is 1.95. The van der Waals surface area contributed by atoms with Crippen molar-refractivity contribution in [2.75, 3.05) is 13.1 Å². The lowest BCUT2D eigenvalue weighted by Gasteiger charge is -2.36. The lowest BCUT2D eigenvalue weighted by Crippen LogP contribution is -2.35. The van der Waals surface area contributed by atoms with Crippen molar-refractivity contribution in [1.29, 1.82) is 0 Å². The minimum Gasteiger partial charge on any atom is -0.270 e. The summed E-state index contributed by atoms with van der Waals surface area (Å²) < 4.78 is 20.4. The van der Waals surface area contributed by atoms with Gasteiger partial charge in [0.2, 0.25) is 0 Å². The van der Waals surface area contributed by atoms with E-state index in [2.05, 4.69) is 41.7 Å². The number of hydrogen-bond donors (Lipinski definition) is 0. The van der Waals surface area contributed by atoms with E-state index in [1.807, 2.05) is 0 Å². The maximum Gasteiger partial charge on any atom is 0.288 e. The average Bonchev–Trinajstić information content (AvgIpc) is 3.12. The molecule has 4 nitrogen and oxygen atoms in total. The Balaban J connectivity index is 1.91. The van der Waals surface area contributed by atoms with E-state index in [-0.39, 0.29) is 0 Å². The molecular weight excluding hydrogens is 233 g/mol. The molecule has 0 saturated carbocycles. The first-order chi connectivity index (χ1) is 7.96. The summed E-state index contributed by atoms with van der Waals surface area (Å²) in [7, 11) is -2.41. The van der Waals surface area contributed by atoms with Crippen molar-refractivity contribution in [2.24, 2.45) is 0 Å². The summed E-state index contributed by atoms with van der Waals surface area (Å²) in [6.45, 7) is 10.9. The Morgan fingerprint density at radius 1 is 0.824 bits per heavy atom. The summed E-state index contributed by atoms with van der Waals surface area (Å²) in [6.07, 6.45) is 2.38. The molecule has 0 aromatic rings. The highest BCUT2D eigenvalue weighted by Gasteiger charge is 2.60. The fraction of sp³-hybridized carbons (Fsp3) is 1.00. The first kappa shape index (κ1) is 12.2. The van der Waals surface area contributed by atoms with Gasteiger partial charge in [0.15, 0.2) is 0 Å². The van der Waals surface area contributed by atoms with Crippen LogP contribution in [-0.2, 0) is 4.57 Å². The summed E-state index contributed by atoms with van der Waals surface area (Å²) >= 11 is 0. The molecule has 7 atom stereocenters. The average molecular weight is 257 g/mol. The predicted molar refractivity (Wildman–Crippen MR) is 69.9 cm³/mol. The van der Waals surface area contributed by atoms with Crippen LogP contribution in [0.25, 0.3) is 0 Å².